The predicted molar refractivity (Wildman–Crippen MR) is 76.2 cm³/mol. The second kappa shape index (κ2) is 6.08. The van der Waals surface area contributed by atoms with Crippen LogP contribution < -0.4 is 5.32 Å². The summed E-state index contributed by atoms with van der Waals surface area (Å²) in [5, 5.41) is 4.27. The molecular formula is C13H18BrNS. The summed E-state index contributed by atoms with van der Waals surface area (Å²) < 4.78 is 1.23. The molecule has 2 rings (SSSR count). The van der Waals surface area contributed by atoms with Gasteiger partial charge >= 0.3 is 0 Å². The van der Waals surface area contributed by atoms with Gasteiger partial charge in [0.15, 0.2) is 0 Å². The van der Waals surface area contributed by atoms with Crippen molar-refractivity contribution < 1.29 is 0 Å². The highest BCUT2D eigenvalue weighted by Gasteiger charge is 2.24. The van der Waals surface area contributed by atoms with E-state index >= 15 is 0 Å². The second-order valence-corrected chi connectivity index (χ2v) is 6.44. The molecule has 2 unspecified atom stereocenters. The Morgan fingerprint density at radius 3 is 2.94 bits per heavy atom. The molecule has 0 spiro atoms. The van der Waals surface area contributed by atoms with Crippen LogP contribution in [0.3, 0.4) is 0 Å². The fourth-order valence-electron chi connectivity index (χ4n) is 2.24. The van der Waals surface area contributed by atoms with Crippen molar-refractivity contribution in [2.24, 2.45) is 0 Å². The van der Waals surface area contributed by atoms with Crippen LogP contribution in [-0.4, -0.2) is 24.1 Å². The lowest BCUT2D eigenvalue weighted by Crippen LogP contribution is -2.36. The number of benzene rings is 1. The van der Waals surface area contributed by atoms with E-state index in [-0.39, 0.29) is 0 Å². The van der Waals surface area contributed by atoms with Crippen molar-refractivity contribution in [2.45, 2.75) is 30.6 Å². The van der Waals surface area contributed by atoms with E-state index in [9.17, 15) is 0 Å². The van der Waals surface area contributed by atoms with Gasteiger partial charge in [-0.3, -0.25) is 0 Å². The molecule has 2 atom stereocenters. The highest BCUT2D eigenvalue weighted by molar-refractivity contribution is 9.10. The van der Waals surface area contributed by atoms with Crippen LogP contribution in [0, 0.1) is 0 Å². The van der Waals surface area contributed by atoms with Gasteiger partial charge in [0.2, 0.25) is 0 Å². The third-order valence-corrected chi connectivity index (χ3v) is 5.47. The summed E-state index contributed by atoms with van der Waals surface area (Å²) in [5.74, 6) is 1.33. The van der Waals surface area contributed by atoms with Crippen LogP contribution in [-0.2, 0) is 6.42 Å². The van der Waals surface area contributed by atoms with Crippen LogP contribution in [0.2, 0.25) is 0 Å². The highest BCUT2D eigenvalue weighted by Crippen LogP contribution is 2.30. The van der Waals surface area contributed by atoms with Crippen molar-refractivity contribution >= 4 is 27.7 Å². The van der Waals surface area contributed by atoms with Crippen molar-refractivity contribution in [2.75, 3.05) is 12.8 Å². The molecule has 3 heteroatoms. The van der Waals surface area contributed by atoms with Crippen LogP contribution in [0.4, 0.5) is 0 Å². The molecule has 1 nitrogen and oxygen atoms in total. The zero-order valence-corrected chi connectivity index (χ0v) is 12.0. The fourth-order valence-corrected chi connectivity index (χ4v) is 4.12. The fraction of sp³-hybridized carbons (Fsp3) is 0.538. The molecule has 1 aromatic rings. The van der Waals surface area contributed by atoms with E-state index in [1.165, 1.54) is 28.6 Å². The molecule has 0 aliphatic carbocycles. The maximum atomic E-state index is 3.63. The molecule has 16 heavy (non-hydrogen) atoms. The minimum Gasteiger partial charge on any atom is -0.316 e. The molecular weight excluding hydrogens is 282 g/mol. The first kappa shape index (κ1) is 12.5. The smallest absolute Gasteiger partial charge is 0.0224 e. The van der Waals surface area contributed by atoms with Gasteiger partial charge in [0.05, 0.1) is 0 Å². The van der Waals surface area contributed by atoms with Gasteiger partial charge < -0.3 is 5.32 Å². The number of halogens is 1. The van der Waals surface area contributed by atoms with Crippen LogP contribution in [0.5, 0.6) is 0 Å². The Hall–Kier alpha value is 0.01000. The van der Waals surface area contributed by atoms with Gasteiger partial charge in [0, 0.05) is 15.8 Å². The predicted octanol–water partition coefficient (Wildman–Crippen LogP) is 3.48. The molecule has 0 bridgehead atoms. The van der Waals surface area contributed by atoms with Gasteiger partial charge in [0.25, 0.3) is 0 Å². The summed E-state index contributed by atoms with van der Waals surface area (Å²) >= 11 is 5.75. The first-order chi connectivity index (χ1) is 7.81. The molecule has 1 aliphatic rings. The zero-order chi connectivity index (χ0) is 11.4. The Balaban J connectivity index is 2.03. The third-order valence-electron chi connectivity index (χ3n) is 3.18. The normalized spacial score (nSPS) is 22.2. The van der Waals surface area contributed by atoms with Gasteiger partial charge in [-0.2, -0.15) is 11.8 Å². The SMILES string of the molecule is CNC(Cc1ccccc1Br)C1CCCS1. The van der Waals surface area contributed by atoms with Gasteiger partial charge in [-0.25, -0.2) is 0 Å². The minimum absolute atomic E-state index is 0.603. The number of nitrogens with one attached hydrogen (secondary N) is 1. The van der Waals surface area contributed by atoms with E-state index in [0.29, 0.717) is 6.04 Å². The average molecular weight is 300 g/mol. The van der Waals surface area contributed by atoms with E-state index in [0.717, 1.165) is 11.7 Å². The van der Waals surface area contributed by atoms with Crippen molar-refractivity contribution in [1.29, 1.82) is 0 Å². The van der Waals surface area contributed by atoms with E-state index in [1.54, 1.807) is 0 Å². The molecule has 88 valence electrons. The maximum absolute atomic E-state index is 3.63. The van der Waals surface area contributed by atoms with Crippen molar-refractivity contribution in [1.82, 2.24) is 5.32 Å². The van der Waals surface area contributed by atoms with Gasteiger partial charge in [-0.1, -0.05) is 34.1 Å². The third kappa shape index (κ3) is 3.02. The quantitative estimate of drug-likeness (QED) is 0.913. The molecule has 1 saturated heterocycles. The lowest BCUT2D eigenvalue weighted by atomic mass is 10.0. The molecule has 1 aliphatic heterocycles. The molecule has 0 amide bonds. The van der Waals surface area contributed by atoms with E-state index < -0.39 is 0 Å². The molecule has 1 heterocycles. The maximum Gasteiger partial charge on any atom is 0.0224 e. The number of likely N-dealkylation sites (N-methyl/N-ethyl adjacent to an activating group) is 1. The van der Waals surface area contributed by atoms with Crippen molar-refractivity contribution in [3.05, 3.63) is 34.3 Å². The van der Waals surface area contributed by atoms with Crippen molar-refractivity contribution in [3.8, 4) is 0 Å². The number of rotatable bonds is 4. The largest absolute Gasteiger partial charge is 0.316 e. The Labute approximate surface area is 111 Å². The van der Waals surface area contributed by atoms with E-state index in [1.807, 2.05) is 0 Å². The Kier molecular flexibility index (Phi) is 4.74. The summed E-state index contributed by atoms with van der Waals surface area (Å²) in [5.41, 5.74) is 1.41. The standard InChI is InChI=1S/C13H18BrNS/c1-15-12(13-7-4-8-16-13)9-10-5-2-3-6-11(10)14/h2-3,5-6,12-13,15H,4,7-9H2,1H3. The van der Waals surface area contributed by atoms with E-state index in [2.05, 4.69) is 64.3 Å². The second-order valence-electron chi connectivity index (χ2n) is 4.24. The van der Waals surface area contributed by atoms with Crippen LogP contribution >= 0.6 is 27.7 Å². The molecule has 1 N–H and O–H groups in total. The van der Waals surface area contributed by atoms with Gasteiger partial charge in [-0.05, 0) is 43.7 Å². The molecule has 0 aromatic heterocycles. The summed E-state index contributed by atoms with van der Waals surface area (Å²) in [6, 6.07) is 9.14. The lowest BCUT2D eigenvalue weighted by Gasteiger charge is -2.22. The first-order valence-corrected chi connectivity index (χ1v) is 7.67. The number of hydrogen-bond donors (Lipinski definition) is 1. The minimum atomic E-state index is 0.603. The van der Waals surface area contributed by atoms with Gasteiger partial charge in [0.1, 0.15) is 0 Å². The highest BCUT2D eigenvalue weighted by atomic mass is 79.9. The molecule has 1 aromatic carbocycles. The van der Waals surface area contributed by atoms with E-state index in [4.69, 9.17) is 0 Å². The Bertz CT molecular complexity index is 336. The molecule has 1 fully saturated rings. The average Bonchev–Trinajstić information content (AvgIpc) is 2.81. The molecule has 0 radical (unpaired) electrons. The Morgan fingerprint density at radius 2 is 2.31 bits per heavy atom. The first-order valence-electron chi connectivity index (χ1n) is 5.83. The van der Waals surface area contributed by atoms with Gasteiger partial charge in [-0.15, -0.1) is 0 Å². The van der Waals surface area contributed by atoms with Crippen LogP contribution in [0.25, 0.3) is 0 Å². The summed E-state index contributed by atoms with van der Waals surface area (Å²) in [7, 11) is 2.08. The van der Waals surface area contributed by atoms with Crippen LogP contribution in [0.1, 0.15) is 18.4 Å². The number of hydrogen-bond acceptors (Lipinski definition) is 2. The topological polar surface area (TPSA) is 12.0 Å². The zero-order valence-electron chi connectivity index (χ0n) is 9.58. The summed E-state index contributed by atoms with van der Waals surface area (Å²) in [4.78, 5) is 0. The monoisotopic (exact) mass is 299 g/mol. The lowest BCUT2D eigenvalue weighted by molar-refractivity contribution is 0.523. The van der Waals surface area contributed by atoms with Crippen molar-refractivity contribution in [3.63, 3.8) is 0 Å². The number of thioether (sulfide) groups is 1. The summed E-state index contributed by atoms with van der Waals surface area (Å²) in [6.07, 6.45) is 3.86. The van der Waals surface area contributed by atoms with Crippen LogP contribution in [0.15, 0.2) is 28.7 Å². The molecule has 0 saturated carbocycles. The summed E-state index contributed by atoms with van der Waals surface area (Å²) in [6.45, 7) is 0. The Morgan fingerprint density at radius 1 is 1.50 bits per heavy atom.